The van der Waals surface area contributed by atoms with Gasteiger partial charge in [0.25, 0.3) is 0 Å². The summed E-state index contributed by atoms with van der Waals surface area (Å²) in [5, 5.41) is 12.1. The lowest BCUT2D eigenvalue weighted by atomic mass is 9.98. The Morgan fingerprint density at radius 3 is 2.25 bits per heavy atom. The first-order valence-electron chi connectivity index (χ1n) is 10.6. The number of aliphatic carboxylic acids is 1. The van der Waals surface area contributed by atoms with E-state index >= 15 is 0 Å². The van der Waals surface area contributed by atoms with Gasteiger partial charge in [-0.3, -0.25) is 4.79 Å². The molecule has 0 spiro atoms. The monoisotopic (exact) mass is 454 g/mol. The summed E-state index contributed by atoms with van der Waals surface area (Å²) >= 11 is 1.39. The van der Waals surface area contributed by atoms with E-state index in [-0.39, 0.29) is 18.4 Å². The van der Waals surface area contributed by atoms with Gasteiger partial charge in [0.1, 0.15) is 18.7 Å². The van der Waals surface area contributed by atoms with Crippen molar-refractivity contribution >= 4 is 29.7 Å². The molecule has 0 saturated carbocycles. The van der Waals surface area contributed by atoms with Gasteiger partial charge in [-0.05, 0) is 28.2 Å². The molecule has 0 radical (unpaired) electrons. The Labute approximate surface area is 191 Å². The van der Waals surface area contributed by atoms with Crippen LogP contribution in [0.2, 0.25) is 0 Å². The van der Waals surface area contributed by atoms with Crippen LogP contribution in [0.4, 0.5) is 4.79 Å². The molecule has 1 aliphatic carbocycles. The Morgan fingerprint density at radius 2 is 1.69 bits per heavy atom. The number of carboxylic acid groups (broad SMARTS) is 1. The maximum Gasteiger partial charge on any atom is 0.407 e. The van der Waals surface area contributed by atoms with Gasteiger partial charge in [0.15, 0.2) is 0 Å². The SMILES string of the molecule is CC(C)[C@@H](NC(=O)OCC1c2ccccc2-c2ccccc21)C(=O)N1CSC[C@H]1C(=O)O. The second-order valence-electron chi connectivity index (χ2n) is 8.35. The number of hydrogen-bond acceptors (Lipinski definition) is 5. The highest BCUT2D eigenvalue weighted by molar-refractivity contribution is 7.99. The van der Waals surface area contributed by atoms with E-state index in [0.29, 0.717) is 11.6 Å². The van der Waals surface area contributed by atoms with Crippen LogP contribution in [0.25, 0.3) is 11.1 Å². The van der Waals surface area contributed by atoms with E-state index in [9.17, 15) is 19.5 Å². The predicted molar refractivity (Wildman–Crippen MR) is 122 cm³/mol. The number of nitrogens with one attached hydrogen (secondary N) is 1. The van der Waals surface area contributed by atoms with E-state index in [0.717, 1.165) is 22.3 Å². The summed E-state index contributed by atoms with van der Waals surface area (Å²) in [6.07, 6.45) is -0.683. The maximum atomic E-state index is 13.0. The highest BCUT2D eigenvalue weighted by Crippen LogP contribution is 2.44. The molecular weight excluding hydrogens is 428 g/mol. The molecule has 1 saturated heterocycles. The van der Waals surface area contributed by atoms with Gasteiger partial charge in [-0.15, -0.1) is 11.8 Å². The molecular formula is C24H26N2O5S. The van der Waals surface area contributed by atoms with Crippen molar-refractivity contribution < 1.29 is 24.2 Å². The molecule has 0 aromatic heterocycles. The minimum absolute atomic E-state index is 0.0762. The predicted octanol–water partition coefficient (Wildman–Crippen LogP) is 3.54. The number of fused-ring (bicyclic) bond motifs is 3. The van der Waals surface area contributed by atoms with Crippen LogP contribution in [0.15, 0.2) is 48.5 Å². The summed E-state index contributed by atoms with van der Waals surface area (Å²) in [6.45, 7) is 3.77. The van der Waals surface area contributed by atoms with E-state index in [1.54, 1.807) is 0 Å². The van der Waals surface area contributed by atoms with Crippen LogP contribution in [-0.4, -0.2) is 58.3 Å². The fraction of sp³-hybridized carbons (Fsp3) is 0.375. The molecule has 8 heteroatoms. The van der Waals surface area contributed by atoms with Crippen molar-refractivity contribution in [2.45, 2.75) is 31.8 Å². The molecule has 1 aliphatic heterocycles. The number of ether oxygens (including phenoxy) is 1. The molecule has 1 heterocycles. The molecule has 2 N–H and O–H groups in total. The Balaban J connectivity index is 1.44. The molecule has 4 rings (SSSR count). The number of carbonyl (C=O) groups excluding carboxylic acids is 2. The van der Waals surface area contributed by atoms with Gasteiger partial charge >= 0.3 is 12.1 Å². The van der Waals surface area contributed by atoms with E-state index in [2.05, 4.69) is 17.4 Å². The number of thioether (sulfide) groups is 1. The van der Waals surface area contributed by atoms with Gasteiger partial charge in [-0.1, -0.05) is 62.4 Å². The molecule has 0 bridgehead atoms. The second kappa shape index (κ2) is 9.24. The maximum absolute atomic E-state index is 13.0. The number of carboxylic acids is 1. The summed E-state index contributed by atoms with van der Waals surface area (Å²) in [5.41, 5.74) is 4.49. The average Bonchev–Trinajstić information content (AvgIpc) is 3.39. The average molecular weight is 455 g/mol. The Hall–Kier alpha value is -3.00. The number of rotatable bonds is 6. The zero-order valence-corrected chi connectivity index (χ0v) is 18.8. The van der Waals surface area contributed by atoms with Crippen molar-refractivity contribution in [3.05, 3.63) is 59.7 Å². The summed E-state index contributed by atoms with van der Waals surface area (Å²) in [6, 6.07) is 14.4. The molecule has 2 aromatic carbocycles. The van der Waals surface area contributed by atoms with E-state index in [4.69, 9.17) is 4.74 Å². The quantitative estimate of drug-likeness (QED) is 0.693. The highest BCUT2D eigenvalue weighted by Gasteiger charge is 2.39. The molecule has 7 nitrogen and oxygen atoms in total. The largest absolute Gasteiger partial charge is 0.480 e. The zero-order valence-electron chi connectivity index (χ0n) is 18.0. The van der Waals surface area contributed by atoms with Crippen LogP contribution in [0, 0.1) is 5.92 Å². The van der Waals surface area contributed by atoms with Crippen molar-refractivity contribution in [1.82, 2.24) is 10.2 Å². The van der Waals surface area contributed by atoms with Crippen LogP contribution in [0.5, 0.6) is 0 Å². The van der Waals surface area contributed by atoms with Gasteiger partial charge in [0.05, 0.1) is 5.88 Å². The van der Waals surface area contributed by atoms with Crippen molar-refractivity contribution in [2.24, 2.45) is 5.92 Å². The van der Waals surface area contributed by atoms with E-state index in [1.807, 2.05) is 50.2 Å². The minimum atomic E-state index is -1.04. The summed E-state index contributed by atoms with van der Waals surface area (Å²) in [7, 11) is 0. The van der Waals surface area contributed by atoms with Crippen molar-refractivity contribution in [2.75, 3.05) is 18.2 Å². The lowest BCUT2D eigenvalue weighted by molar-refractivity contribution is -0.148. The van der Waals surface area contributed by atoms with Crippen molar-refractivity contribution in [3.8, 4) is 11.1 Å². The normalized spacial score (nSPS) is 18.2. The number of carbonyl (C=O) groups is 3. The molecule has 2 aliphatic rings. The van der Waals surface area contributed by atoms with Gasteiger partial charge < -0.3 is 20.1 Å². The molecule has 0 unspecified atom stereocenters. The topological polar surface area (TPSA) is 95.9 Å². The first-order chi connectivity index (χ1) is 15.4. The van der Waals surface area contributed by atoms with Crippen LogP contribution in [0.3, 0.4) is 0 Å². The number of amides is 2. The molecule has 1 fully saturated rings. The first-order valence-corrected chi connectivity index (χ1v) is 11.8. The Morgan fingerprint density at radius 1 is 1.09 bits per heavy atom. The zero-order chi connectivity index (χ0) is 22.8. The van der Waals surface area contributed by atoms with Gasteiger partial charge in [0.2, 0.25) is 5.91 Å². The number of benzene rings is 2. The number of hydrogen-bond donors (Lipinski definition) is 2. The lowest BCUT2D eigenvalue weighted by Gasteiger charge is -2.28. The second-order valence-corrected chi connectivity index (χ2v) is 9.35. The minimum Gasteiger partial charge on any atom is -0.480 e. The van der Waals surface area contributed by atoms with Crippen molar-refractivity contribution in [3.63, 3.8) is 0 Å². The molecule has 2 aromatic rings. The first kappa shape index (κ1) is 22.2. The standard InChI is InChI=1S/C24H26N2O5S/c1-14(2)21(22(27)26-13-32-12-20(26)23(28)29)25-24(30)31-11-19-17-9-5-3-7-15(17)16-8-4-6-10-18(16)19/h3-10,14,19-21H,11-13H2,1-2H3,(H,25,30)(H,28,29)/t20-,21+/m0/s1. The molecule has 2 amide bonds. The number of alkyl carbamates (subject to hydrolysis) is 1. The van der Waals surface area contributed by atoms with Crippen LogP contribution in [-0.2, 0) is 14.3 Å². The highest BCUT2D eigenvalue weighted by atomic mass is 32.2. The Bertz CT molecular complexity index is 995. The summed E-state index contributed by atoms with van der Waals surface area (Å²) in [5.74, 6) is -1.09. The van der Waals surface area contributed by atoms with Crippen LogP contribution in [0.1, 0.15) is 30.9 Å². The third-order valence-corrected chi connectivity index (χ3v) is 7.01. The fourth-order valence-electron chi connectivity index (χ4n) is 4.32. The Kier molecular flexibility index (Phi) is 6.41. The van der Waals surface area contributed by atoms with Crippen molar-refractivity contribution in [1.29, 1.82) is 0 Å². The van der Waals surface area contributed by atoms with E-state index < -0.39 is 30.1 Å². The third-order valence-electron chi connectivity index (χ3n) is 6.00. The molecule has 168 valence electrons. The third kappa shape index (κ3) is 4.19. The van der Waals surface area contributed by atoms with Gasteiger partial charge in [-0.25, -0.2) is 9.59 Å². The molecule has 32 heavy (non-hydrogen) atoms. The lowest BCUT2D eigenvalue weighted by Crippen LogP contribution is -2.54. The van der Waals surface area contributed by atoms with E-state index in [1.165, 1.54) is 16.7 Å². The van der Waals surface area contributed by atoms with Crippen LogP contribution >= 0.6 is 11.8 Å². The molecule has 2 atom stereocenters. The van der Waals surface area contributed by atoms with Gasteiger partial charge in [0, 0.05) is 11.7 Å². The number of nitrogens with zero attached hydrogens (tertiary/aromatic N) is 1. The van der Waals surface area contributed by atoms with Crippen LogP contribution < -0.4 is 5.32 Å². The summed E-state index contributed by atoms with van der Waals surface area (Å²) in [4.78, 5) is 38.4. The summed E-state index contributed by atoms with van der Waals surface area (Å²) < 4.78 is 5.57. The fourth-order valence-corrected chi connectivity index (χ4v) is 5.48. The van der Waals surface area contributed by atoms with Gasteiger partial charge in [-0.2, -0.15) is 0 Å². The smallest absolute Gasteiger partial charge is 0.407 e.